The molecule has 5 nitrogen and oxygen atoms in total. The second-order valence-corrected chi connectivity index (χ2v) is 8.27. The van der Waals surface area contributed by atoms with Crippen molar-refractivity contribution in [3.63, 3.8) is 0 Å². The number of halogens is 1. The molecule has 1 N–H and O–H groups in total. The van der Waals surface area contributed by atoms with Gasteiger partial charge in [-0.3, -0.25) is 0 Å². The van der Waals surface area contributed by atoms with Crippen molar-refractivity contribution in [3.8, 4) is 5.75 Å². The van der Waals surface area contributed by atoms with E-state index in [1.54, 1.807) is 0 Å². The normalized spacial score (nSPS) is 16.5. The molecule has 0 bridgehead atoms. The molecule has 7 heteroatoms. The van der Waals surface area contributed by atoms with Gasteiger partial charge < -0.3 is 9.64 Å². The maximum absolute atomic E-state index is 13.4. The van der Waals surface area contributed by atoms with Gasteiger partial charge in [0, 0.05) is 5.56 Å². The summed E-state index contributed by atoms with van der Waals surface area (Å²) in [7, 11) is -3.64. The molecule has 0 amide bonds. The molecule has 1 saturated heterocycles. The van der Waals surface area contributed by atoms with Gasteiger partial charge in [0.05, 0.1) is 37.7 Å². The highest BCUT2D eigenvalue weighted by atomic mass is 32.2. The number of piperazine rings is 1. The van der Waals surface area contributed by atoms with Crippen molar-refractivity contribution in [1.29, 1.82) is 0 Å². The van der Waals surface area contributed by atoms with Crippen LogP contribution in [0.3, 0.4) is 0 Å². The fraction of sp³-hybridized carbons (Fsp3) is 0.368. The third kappa shape index (κ3) is 4.23. The molecule has 0 aliphatic carbocycles. The van der Waals surface area contributed by atoms with Crippen molar-refractivity contribution in [2.75, 3.05) is 32.8 Å². The molecule has 2 aromatic rings. The van der Waals surface area contributed by atoms with Gasteiger partial charge >= 0.3 is 0 Å². The van der Waals surface area contributed by atoms with Crippen LogP contribution in [-0.2, 0) is 16.6 Å². The van der Waals surface area contributed by atoms with Crippen LogP contribution in [0.15, 0.2) is 53.4 Å². The molecule has 0 saturated carbocycles. The van der Waals surface area contributed by atoms with E-state index in [4.69, 9.17) is 4.74 Å². The van der Waals surface area contributed by atoms with Crippen LogP contribution in [0.1, 0.15) is 12.5 Å². The Balaban J connectivity index is 1.64. The average molecular weight is 379 g/mol. The van der Waals surface area contributed by atoms with E-state index in [0.29, 0.717) is 32.8 Å². The number of para-hydroxylation sites is 1. The summed E-state index contributed by atoms with van der Waals surface area (Å²) in [5.74, 6) is 0.347. The summed E-state index contributed by atoms with van der Waals surface area (Å²) >= 11 is 0. The SMILES string of the molecule is CCOc1ccccc1C[NH+]1CCN(S(=O)(=O)c2cccc(F)c2)CC1. The van der Waals surface area contributed by atoms with E-state index >= 15 is 0 Å². The summed E-state index contributed by atoms with van der Waals surface area (Å²) < 4.78 is 45.8. The fourth-order valence-electron chi connectivity index (χ4n) is 3.21. The lowest BCUT2D eigenvalue weighted by molar-refractivity contribution is -0.917. The van der Waals surface area contributed by atoms with Crippen molar-refractivity contribution in [2.45, 2.75) is 18.4 Å². The second kappa shape index (κ2) is 8.16. The summed E-state index contributed by atoms with van der Waals surface area (Å²) in [4.78, 5) is 1.32. The minimum Gasteiger partial charge on any atom is -0.493 e. The number of quaternary nitrogens is 1. The van der Waals surface area contributed by atoms with Crippen molar-refractivity contribution in [1.82, 2.24) is 4.31 Å². The van der Waals surface area contributed by atoms with E-state index in [2.05, 4.69) is 0 Å². The zero-order chi connectivity index (χ0) is 18.6. The first-order valence-corrected chi connectivity index (χ1v) is 10.2. The number of hydrogen-bond acceptors (Lipinski definition) is 3. The van der Waals surface area contributed by atoms with Gasteiger partial charge in [0.2, 0.25) is 10.0 Å². The van der Waals surface area contributed by atoms with Crippen LogP contribution < -0.4 is 9.64 Å². The molecule has 2 aromatic carbocycles. The average Bonchev–Trinajstić information content (AvgIpc) is 2.64. The van der Waals surface area contributed by atoms with Crippen LogP contribution in [0, 0.1) is 5.82 Å². The van der Waals surface area contributed by atoms with Crippen LogP contribution in [0.5, 0.6) is 5.75 Å². The Morgan fingerprint density at radius 1 is 1.12 bits per heavy atom. The highest BCUT2D eigenvalue weighted by Gasteiger charge is 2.30. The topological polar surface area (TPSA) is 51.1 Å². The summed E-state index contributed by atoms with van der Waals surface area (Å²) in [6.07, 6.45) is 0. The highest BCUT2D eigenvalue weighted by Crippen LogP contribution is 2.18. The third-order valence-corrected chi connectivity index (χ3v) is 6.47. The van der Waals surface area contributed by atoms with E-state index in [0.717, 1.165) is 23.9 Å². The van der Waals surface area contributed by atoms with Gasteiger partial charge in [-0.25, -0.2) is 12.8 Å². The van der Waals surface area contributed by atoms with Crippen molar-refractivity contribution in [2.24, 2.45) is 0 Å². The predicted octanol–water partition coefficient (Wildman–Crippen LogP) is 1.31. The van der Waals surface area contributed by atoms with E-state index in [9.17, 15) is 12.8 Å². The van der Waals surface area contributed by atoms with E-state index < -0.39 is 15.8 Å². The fourth-order valence-corrected chi connectivity index (χ4v) is 4.69. The van der Waals surface area contributed by atoms with Crippen molar-refractivity contribution in [3.05, 3.63) is 59.9 Å². The number of hydrogen-bond donors (Lipinski definition) is 1. The van der Waals surface area contributed by atoms with Crippen molar-refractivity contribution < 1.29 is 22.4 Å². The second-order valence-electron chi connectivity index (χ2n) is 6.33. The lowest BCUT2D eigenvalue weighted by atomic mass is 10.2. The maximum atomic E-state index is 13.4. The summed E-state index contributed by atoms with van der Waals surface area (Å²) in [6, 6.07) is 13.1. The van der Waals surface area contributed by atoms with Crippen LogP contribution in [0.4, 0.5) is 4.39 Å². The maximum Gasteiger partial charge on any atom is 0.243 e. The molecule has 140 valence electrons. The van der Waals surface area contributed by atoms with Gasteiger partial charge in [-0.1, -0.05) is 18.2 Å². The molecule has 1 heterocycles. The van der Waals surface area contributed by atoms with Crippen LogP contribution >= 0.6 is 0 Å². The number of nitrogens with zero attached hydrogens (tertiary/aromatic N) is 1. The monoisotopic (exact) mass is 379 g/mol. The molecular weight excluding hydrogens is 355 g/mol. The van der Waals surface area contributed by atoms with E-state index in [1.807, 2.05) is 31.2 Å². The van der Waals surface area contributed by atoms with Crippen molar-refractivity contribution >= 4 is 10.0 Å². The molecule has 1 aliphatic heterocycles. The van der Waals surface area contributed by atoms with Gasteiger partial charge in [0.15, 0.2) is 0 Å². The van der Waals surface area contributed by atoms with Crippen LogP contribution in [0.25, 0.3) is 0 Å². The minimum atomic E-state index is -3.64. The molecular formula is C19H24FN2O3S+. The highest BCUT2D eigenvalue weighted by molar-refractivity contribution is 7.89. The quantitative estimate of drug-likeness (QED) is 0.824. The summed E-state index contributed by atoms with van der Waals surface area (Å²) in [5.41, 5.74) is 1.13. The molecule has 3 rings (SSSR count). The third-order valence-electron chi connectivity index (χ3n) is 4.58. The first kappa shape index (κ1) is 18.8. The lowest BCUT2D eigenvalue weighted by Gasteiger charge is -2.31. The Hall–Kier alpha value is -1.96. The largest absolute Gasteiger partial charge is 0.493 e. The molecule has 0 unspecified atom stereocenters. The van der Waals surface area contributed by atoms with E-state index in [-0.39, 0.29) is 4.90 Å². The zero-order valence-corrected chi connectivity index (χ0v) is 15.6. The number of rotatable bonds is 6. The standard InChI is InChI=1S/C19H23FN2O3S/c1-2-25-19-9-4-3-6-16(19)15-21-10-12-22(13-11-21)26(23,24)18-8-5-7-17(20)14-18/h3-9,14H,2,10-13,15H2,1H3/p+1. The van der Waals surface area contributed by atoms with Gasteiger partial charge in [-0.2, -0.15) is 4.31 Å². The molecule has 26 heavy (non-hydrogen) atoms. The Bertz CT molecular complexity index is 849. The first-order valence-electron chi connectivity index (χ1n) is 8.80. The summed E-state index contributed by atoms with van der Waals surface area (Å²) in [6.45, 7) is 5.62. The number of benzene rings is 2. The van der Waals surface area contributed by atoms with Gasteiger partial charge in [-0.15, -0.1) is 0 Å². The molecule has 1 fully saturated rings. The van der Waals surface area contributed by atoms with E-state index in [1.165, 1.54) is 27.4 Å². The Labute approximate surface area is 154 Å². The molecule has 0 radical (unpaired) electrons. The Morgan fingerprint density at radius 3 is 2.54 bits per heavy atom. The van der Waals surface area contributed by atoms with Crippen LogP contribution in [-0.4, -0.2) is 45.5 Å². The summed E-state index contributed by atoms with van der Waals surface area (Å²) in [5, 5.41) is 0. The van der Waals surface area contributed by atoms with Gasteiger partial charge in [0.25, 0.3) is 0 Å². The number of ether oxygens (including phenoxy) is 1. The predicted molar refractivity (Wildman–Crippen MR) is 97.2 cm³/mol. The lowest BCUT2D eigenvalue weighted by Crippen LogP contribution is -3.13. The molecule has 0 spiro atoms. The zero-order valence-electron chi connectivity index (χ0n) is 14.8. The smallest absolute Gasteiger partial charge is 0.243 e. The number of nitrogens with one attached hydrogen (secondary N) is 1. The van der Waals surface area contributed by atoms with Gasteiger partial charge in [0.1, 0.15) is 18.1 Å². The minimum absolute atomic E-state index is 0.0163. The molecule has 0 aromatic heterocycles. The number of sulfonamides is 1. The molecule has 1 aliphatic rings. The van der Waals surface area contributed by atoms with Crippen LogP contribution in [0.2, 0.25) is 0 Å². The first-order chi connectivity index (χ1) is 12.5. The Morgan fingerprint density at radius 2 is 1.85 bits per heavy atom. The van der Waals surface area contributed by atoms with Gasteiger partial charge in [-0.05, 0) is 37.3 Å². The molecule has 0 atom stereocenters. The Kier molecular flexibility index (Phi) is 5.90.